The smallest absolute Gasteiger partial charge is 0.293 e. The molecule has 3 aliphatic heterocycles. The predicted octanol–water partition coefficient (Wildman–Crippen LogP) is 7.75. The van der Waals surface area contributed by atoms with Gasteiger partial charge in [0.25, 0.3) is 21.6 Å². The molecule has 3 aromatic carbocycles. The minimum absolute atomic E-state index is 0.0189. The van der Waals surface area contributed by atoms with Gasteiger partial charge in [-0.2, -0.15) is 0 Å². The van der Waals surface area contributed by atoms with Crippen LogP contribution in [0.15, 0.2) is 95.7 Å². The van der Waals surface area contributed by atoms with Crippen LogP contribution in [0, 0.1) is 16.0 Å². The number of nitro benzene ring substituents is 1. The van der Waals surface area contributed by atoms with E-state index in [0.29, 0.717) is 61.7 Å². The van der Waals surface area contributed by atoms with Crippen LogP contribution < -0.4 is 19.7 Å². The van der Waals surface area contributed by atoms with E-state index in [4.69, 9.17) is 21.1 Å². The summed E-state index contributed by atoms with van der Waals surface area (Å²) in [4.78, 5) is 53.5. The molecule has 3 saturated heterocycles. The quantitative estimate of drug-likeness (QED) is 0.0605. The normalized spacial score (nSPS) is 17.3. The Labute approximate surface area is 412 Å². The number of ether oxygens (including phenoxy) is 2. The van der Waals surface area contributed by atoms with Crippen molar-refractivity contribution in [2.75, 3.05) is 95.4 Å². The fourth-order valence-electron chi connectivity index (χ4n) is 9.13. The number of H-pyrrole nitrogens is 1. The first-order chi connectivity index (χ1) is 33.5. The Hall–Kier alpha value is -6.12. The lowest BCUT2D eigenvalue weighted by atomic mass is 9.92. The van der Waals surface area contributed by atoms with Crippen molar-refractivity contribution in [3.63, 3.8) is 0 Å². The molecule has 5 aromatic rings. The molecule has 0 radical (unpaired) electrons. The number of hydrogen-bond donors (Lipinski definition) is 3. The maximum Gasteiger partial charge on any atom is 0.293 e. The van der Waals surface area contributed by atoms with E-state index in [1.165, 1.54) is 35.0 Å². The molecule has 3 N–H and O–H groups in total. The number of fused-ring (bicyclic) bond motifs is 1. The van der Waals surface area contributed by atoms with Gasteiger partial charge in [0, 0.05) is 113 Å². The number of benzene rings is 3. The van der Waals surface area contributed by atoms with E-state index >= 15 is 4.39 Å². The first-order valence-corrected chi connectivity index (χ1v) is 25.4. The van der Waals surface area contributed by atoms with Crippen molar-refractivity contribution >= 4 is 67.1 Å². The molecule has 0 saturated carbocycles. The van der Waals surface area contributed by atoms with E-state index in [1.807, 2.05) is 23.1 Å². The summed E-state index contributed by atoms with van der Waals surface area (Å²) in [6.45, 7) is 13.0. The van der Waals surface area contributed by atoms with Gasteiger partial charge in [0.1, 0.15) is 28.5 Å². The Bertz CT molecular complexity index is 2840. The number of nitrogens with zero attached hydrogens (tertiary/aromatic N) is 6. The Balaban J connectivity index is 0.947. The number of morpholine rings is 1. The maximum absolute atomic E-state index is 16.0. The third kappa shape index (κ3) is 12.4. The molecule has 3 fully saturated rings. The summed E-state index contributed by atoms with van der Waals surface area (Å²) in [6.07, 6.45) is 4.21. The highest BCUT2D eigenvalue weighted by Crippen LogP contribution is 2.35. The molecule has 3 aliphatic rings. The monoisotopic (exact) mass is 999 g/mol. The summed E-state index contributed by atoms with van der Waals surface area (Å²) in [5.41, 5.74) is 2.58. The van der Waals surface area contributed by atoms with Gasteiger partial charge >= 0.3 is 0 Å². The molecule has 70 heavy (non-hydrogen) atoms. The molecule has 8 rings (SSSR count). The Morgan fingerprint density at radius 2 is 1.66 bits per heavy atom. The molecule has 0 atom stereocenters. The lowest BCUT2D eigenvalue weighted by Gasteiger charge is -2.37. The topological polar surface area (TPSA) is 196 Å². The van der Waals surface area contributed by atoms with Gasteiger partial charge < -0.3 is 29.6 Å². The molecule has 17 nitrogen and oxygen atoms in total. The van der Waals surface area contributed by atoms with Crippen molar-refractivity contribution in [1.29, 1.82) is 0 Å². The first kappa shape index (κ1) is 50.3. The lowest BCUT2D eigenvalue weighted by Crippen LogP contribution is -2.51. The molecule has 372 valence electrons. The van der Waals surface area contributed by atoms with Crippen molar-refractivity contribution in [2.24, 2.45) is 5.92 Å². The van der Waals surface area contributed by atoms with Gasteiger partial charge in [-0.3, -0.25) is 29.5 Å². The second-order valence-corrected chi connectivity index (χ2v) is 20.8. The van der Waals surface area contributed by atoms with Gasteiger partial charge in [-0.05, 0) is 78.9 Å². The number of piperidine rings is 1. The summed E-state index contributed by atoms with van der Waals surface area (Å²) in [6, 6.07) is 19.6. The molecular formula is C50H59ClFN9O8S. The van der Waals surface area contributed by atoms with Crippen LogP contribution in [0.3, 0.4) is 0 Å². The van der Waals surface area contributed by atoms with Gasteiger partial charge in [-0.1, -0.05) is 43.2 Å². The molecule has 2 aromatic heterocycles. The van der Waals surface area contributed by atoms with Crippen LogP contribution in [0.4, 0.5) is 21.5 Å². The molecule has 20 heteroatoms. The number of sulfonamides is 1. The highest BCUT2D eigenvalue weighted by atomic mass is 35.5. The van der Waals surface area contributed by atoms with Crippen LogP contribution in [0.2, 0.25) is 5.02 Å². The van der Waals surface area contributed by atoms with Gasteiger partial charge in [-0.15, -0.1) is 0 Å². The second-order valence-electron chi connectivity index (χ2n) is 18.6. The number of aromatic nitrogens is 2. The molecular weight excluding hydrogens is 941 g/mol. The van der Waals surface area contributed by atoms with Crippen molar-refractivity contribution in [3.05, 3.63) is 117 Å². The van der Waals surface area contributed by atoms with E-state index in [2.05, 4.69) is 62.7 Å². The van der Waals surface area contributed by atoms with Crippen LogP contribution in [-0.4, -0.2) is 141 Å². The minimum Gasteiger partial charge on any atom is -0.455 e. The Kier molecular flexibility index (Phi) is 15.7. The van der Waals surface area contributed by atoms with E-state index in [0.717, 1.165) is 49.3 Å². The van der Waals surface area contributed by atoms with Crippen molar-refractivity contribution in [2.45, 2.75) is 50.6 Å². The predicted molar refractivity (Wildman–Crippen MR) is 268 cm³/mol. The van der Waals surface area contributed by atoms with Gasteiger partial charge in [0.2, 0.25) is 5.91 Å². The van der Waals surface area contributed by atoms with Crippen molar-refractivity contribution < 1.29 is 36.8 Å². The van der Waals surface area contributed by atoms with Crippen LogP contribution in [0.25, 0.3) is 16.6 Å². The van der Waals surface area contributed by atoms with Crippen LogP contribution >= 0.6 is 11.6 Å². The number of nitrogens with one attached hydrogen (secondary N) is 3. The van der Waals surface area contributed by atoms with Gasteiger partial charge in [-0.25, -0.2) is 22.5 Å². The fourth-order valence-corrected chi connectivity index (χ4v) is 10.2. The summed E-state index contributed by atoms with van der Waals surface area (Å²) in [7, 11) is -4.69. The zero-order valence-electron chi connectivity index (χ0n) is 39.6. The number of piperazine rings is 1. The summed E-state index contributed by atoms with van der Waals surface area (Å²) >= 11 is 6.21. The lowest BCUT2D eigenvalue weighted by molar-refractivity contribution is -0.384. The minimum atomic E-state index is -4.69. The molecule has 5 heterocycles. The maximum atomic E-state index is 16.0. The molecule has 0 aliphatic carbocycles. The third-order valence-electron chi connectivity index (χ3n) is 13.1. The number of hydrogen-bond acceptors (Lipinski definition) is 13. The zero-order chi connectivity index (χ0) is 49.6. The van der Waals surface area contributed by atoms with Gasteiger partial charge in [0.15, 0.2) is 0 Å². The Morgan fingerprint density at radius 1 is 0.943 bits per heavy atom. The number of nitro groups is 1. The van der Waals surface area contributed by atoms with E-state index < -0.39 is 37.1 Å². The highest BCUT2D eigenvalue weighted by Gasteiger charge is 2.37. The zero-order valence-corrected chi connectivity index (χ0v) is 41.2. The largest absolute Gasteiger partial charge is 0.455 e. The fraction of sp³-hybridized carbons (Fsp3) is 0.420. The number of carbonyl (C=O) groups excluding carboxylic acids is 2. The number of rotatable bonds is 17. The van der Waals surface area contributed by atoms with Gasteiger partial charge in [0.05, 0.1) is 41.3 Å². The second kappa shape index (κ2) is 21.9. The number of likely N-dealkylation sites (tertiary alicyclic amines) is 1. The van der Waals surface area contributed by atoms with E-state index in [1.54, 1.807) is 29.3 Å². The summed E-state index contributed by atoms with van der Waals surface area (Å²) in [5, 5.41) is 16.5. The standard InChI is InChI=1S/C50H59ClFN9O8S/c1-34(2)26-43(36-4-6-38(51)7-5-36)35(3)31-57-18-20-59(21-19-57)39-8-10-42(46(28-39)69-40-27-37-12-15-53-48(37)54-30-40)49(63)56-70(66,67)41-9-11-44(45(29-41)61(64)65)55-33-50(52)13-16-60(17-14-50)47(62)32-58-22-24-68-25-23-58/h4-12,15,27-30,34,55H,13-14,16-26,31-33H2,1-3H3,(H,53,54)(H,56,63)/b43-35-. The summed E-state index contributed by atoms with van der Waals surface area (Å²) in [5.74, 6) is -0.262. The average molecular weight is 1000 g/mol. The number of amides is 2. The number of carbonyl (C=O) groups is 2. The molecule has 0 bridgehead atoms. The number of pyridine rings is 1. The third-order valence-corrected chi connectivity index (χ3v) is 14.7. The Morgan fingerprint density at radius 3 is 2.36 bits per heavy atom. The molecule has 0 unspecified atom stereocenters. The van der Waals surface area contributed by atoms with Crippen LogP contribution in [0.5, 0.6) is 11.5 Å². The molecule has 2 amide bonds. The van der Waals surface area contributed by atoms with Crippen LogP contribution in [-0.2, 0) is 19.6 Å². The summed E-state index contributed by atoms with van der Waals surface area (Å²) < 4.78 is 57.4. The SMILES string of the molecule is C/C(CN1CCN(c2ccc(C(=O)NS(=O)(=O)c3ccc(NCC4(F)CCN(C(=O)CN5CCOCC5)CC4)c([N+](=O)[O-])c3)c(Oc3cnc4[nH]ccc4c3)c2)CC1)=C(\CC(C)C)c1ccc(Cl)cc1. The number of allylic oxidation sites excluding steroid dienone is 1. The highest BCUT2D eigenvalue weighted by molar-refractivity contribution is 7.90. The molecule has 0 spiro atoms. The number of aromatic amines is 1. The van der Waals surface area contributed by atoms with E-state index in [9.17, 15) is 28.1 Å². The average Bonchev–Trinajstić information content (AvgIpc) is 3.81. The van der Waals surface area contributed by atoms with Crippen molar-refractivity contribution in [1.82, 2.24) is 29.4 Å². The number of halogens is 2. The number of anilines is 2. The first-order valence-electron chi connectivity index (χ1n) is 23.6. The van der Waals surface area contributed by atoms with Crippen LogP contribution in [0.1, 0.15) is 56.0 Å². The van der Waals surface area contributed by atoms with Crippen molar-refractivity contribution in [3.8, 4) is 11.5 Å². The van der Waals surface area contributed by atoms with E-state index in [-0.39, 0.29) is 61.9 Å². The number of alkyl halides is 1.